The van der Waals surface area contributed by atoms with Crippen LogP contribution in [0.15, 0.2) is 34.1 Å². The van der Waals surface area contributed by atoms with E-state index in [1.807, 2.05) is 27.7 Å². The van der Waals surface area contributed by atoms with Crippen molar-refractivity contribution in [1.82, 2.24) is 0 Å². The van der Waals surface area contributed by atoms with Crippen LogP contribution in [-0.2, 0) is 0 Å². The first kappa shape index (κ1) is 46.0. The van der Waals surface area contributed by atoms with Crippen molar-refractivity contribution in [3.8, 4) is 0 Å². The highest BCUT2D eigenvalue weighted by atomic mass is 16.3. The molecule has 1 rings (SSSR count). The minimum absolute atomic E-state index is 0.239. The molecule has 0 radical (unpaired) electrons. The summed E-state index contributed by atoms with van der Waals surface area (Å²) in [5.41, 5.74) is 4.94. The molecule has 0 saturated carbocycles. The first-order valence-corrected chi connectivity index (χ1v) is 17.2. The molecule has 2 atom stereocenters. The van der Waals surface area contributed by atoms with Crippen molar-refractivity contribution < 1.29 is 10.2 Å². The normalized spacial score (nSPS) is 22.7. The Morgan fingerprint density at radius 3 is 1.70 bits per heavy atom. The van der Waals surface area contributed by atoms with Crippen molar-refractivity contribution in [2.24, 2.45) is 17.3 Å². The summed E-state index contributed by atoms with van der Waals surface area (Å²) < 4.78 is 0. The largest absolute Gasteiger partial charge is 0.507 e. The van der Waals surface area contributed by atoms with Gasteiger partial charge in [0.25, 0.3) is 0 Å². The minimum atomic E-state index is 0.239. The number of hydrogen-bond acceptors (Lipinski definition) is 2. The van der Waals surface area contributed by atoms with Gasteiger partial charge in [0.1, 0.15) is 5.76 Å². The highest BCUT2D eigenvalue weighted by Gasteiger charge is 2.24. The van der Waals surface area contributed by atoms with Crippen molar-refractivity contribution in [2.75, 3.05) is 7.11 Å². The quantitative estimate of drug-likeness (QED) is 0.218. The Morgan fingerprint density at radius 1 is 0.725 bits per heavy atom. The lowest BCUT2D eigenvalue weighted by Crippen LogP contribution is -2.14. The molecule has 0 heterocycles. The molecule has 2 N–H and O–H groups in total. The minimum Gasteiger partial charge on any atom is -0.507 e. The zero-order valence-corrected chi connectivity index (χ0v) is 30.5. The molecular formula is C38H78O2. The molecule has 2 nitrogen and oxygen atoms in total. The molecule has 2 heteroatoms. The highest BCUT2D eigenvalue weighted by molar-refractivity contribution is 5.41. The first-order chi connectivity index (χ1) is 19.0. The predicted octanol–water partition coefficient (Wildman–Crippen LogP) is 13.6. The summed E-state index contributed by atoms with van der Waals surface area (Å²) in [6, 6.07) is 0. The smallest absolute Gasteiger partial charge is 0.121 e. The molecule has 0 aliphatic heterocycles. The molecule has 0 saturated heterocycles. The van der Waals surface area contributed by atoms with Crippen molar-refractivity contribution in [3.05, 3.63) is 34.1 Å². The average molecular weight is 567 g/mol. The lowest BCUT2D eigenvalue weighted by atomic mass is 9.78. The van der Waals surface area contributed by atoms with Crippen LogP contribution < -0.4 is 0 Å². The summed E-state index contributed by atoms with van der Waals surface area (Å²) in [6.07, 6.45) is 21.1. The van der Waals surface area contributed by atoms with E-state index in [1.165, 1.54) is 94.6 Å². The van der Waals surface area contributed by atoms with Gasteiger partial charge < -0.3 is 10.2 Å². The fraction of sp³-hybridized carbons (Fsp3) is 0.842. The molecule has 0 aromatic rings. The molecule has 0 spiro atoms. The molecule has 0 fully saturated rings. The van der Waals surface area contributed by atoms with Gasteiger partial charge in [-0.2, -0.15) is 0 Å². The van der Waals surface area contributed by atoms with Crippen LogP contribution in [0.5, 0.6) is 0 Å². The molecule has 0 aromatic heterocycles. The SMILES string of the molecule is CC.CC.CC1=C/C(C)(CCCCCCCC(C)CCCC(C)C)CC/C(C)=C(C)/C(O)=C\1C.CCCC.CO. The van der Waals surface area contributed by atoms with Crippen LogP contribution in [0.4, 0.5) is 0 Å². The van der Waals surface area contributed by atoms with Crippen molar-refractivity contribution in [1.29, 1.82) is 0 Å². The van der Waals surface area contributed by atoms with Crippen LogP contribution in [-0.4, -0.2) is 17.3 Å². The van der Waals surface area contributed by atoms with Gasteiger partial charge in [0.15, 0.2) is 0 Å². The Labute approximate surface area is 255 Å². The van der Waals surface area contributed by atoms with Crippen LogP contribution in [0.2, 0.25) is 0 Å². The topological polar surface area (TPSA) is 40.5 Å². The molecule has 1 aliphatic rings. The van der Waals surface area contributed by atoms with E-state index >= 15 is 0 Å². The number of rotatable bonds is 13. The number of hydrogen-bond donors (Lipinski definition) is 2. The summed E-state index contributed by atoms with van der Waals surface area (Å²) >= 11 is 0. The summed E-state index contributed by atoms with van der Waals surface area (Å²) in [5, 5.41) is 17.6. The Balaban J connectivity index is -0.000000569. The maximum Gasteiger partial charge on any atom is 0.121 e. The standard InChI is InChI=1S/C29H52O.C4H10.2C2H6.CH4O/c1-22(2)15-14-17-23(3)16-12-10-9-11-13-19-29(8)20-18-24(4)26(6)28(30)27(7)25(5)21-29;1-3-4-2;3*1-2/h21-23,30H,9-20H2,1-8H3;3-4H2,1-2H3;2*1-2H3;2H,1H3/b25-21-,26-24+,28-27+;;;;. The molecule has 0 amide bonds. The van der Waals surface area contributed by atoms with E-state index in [2.05, 4.69) is 75.3 Å². The lowest BCUT2D eigenvalue weighted by molar-refractivity contribution is 0.339. The summed E-state index contributed by atoms with van der Waals surface area (Å²) in [7, 11) is 1.00. The third kappa shape index (κ3) is 24.8. The fourth-order valence-electron chi connectivity index (χ4n) is 4.80. The predicted molar refractivity (Wildman–Crippen MR) is 186 cm³/mol. The number of allylic oxidation sites excluding steroid dienone is 5. The maximum atomic E-state index is 10.6. The molecule has 1 aliphatic carbocycles. The zero-order valence-electron chi connectivity index (χ0n) is 30.5. The maximum absolute atomic E-state index is 10.6. The van der Waals surface area contributed by atoms with E-state index in [0.717, 1.165) is 36.5 Å². The Kier molecular flexibility index (Phi) is 35.5. The van der Waals surface area contributed by atoms with E-state index in [4.69, 9.17) is 5.11 Å². The van der Waals surface area contributed by atoms with Crippen LogP contribution in [0.3, 0.4) is 0 Å². The van der Waals surface area contributed by atoms with E-state index in [9.17, 15) is 5.11 Å². The van der Waals surface area contributed by atoms with Gasteiger partial charge in [-0.3, -0.25) is 0 Å². The van der Waals surface area contributed by atoms with E-state index in [0.29, 0.717) is 5.76 Å². The Hall–Kier alpha value is -1.02. The second-order valence-electron chi connectivity index (χ2n) is 12.1. The number of unbranched alkanes of at least 4 members (excludes halogenated alkanes) is 5. The van der Waals surface area contributed by atoms with E-state index in [-0.39, 0.29) is 5.41 Å². The van der Waals surface area contributed by atoms with Crippen molar-refractivity contribution in [2.45, 2.75) is 187 Å². The van der Waals surface area contributed by atoms with Crippen molar-refractivity contribution in [3.63, 3.8) is 0 Å². The van der Waals surface area contributed by atoms with Gasteiger partial charge >= 0.3 is 0 Å². The Bertz CT molecular complexity index is 636. The Morgan fingerprint density at radius 2 is 1.20 bits per heavy atom. The van der Waals surface area contributed by atoms with Gasteiger partial charge in [0.05, 0.1) is 0 Å². The number of aliphatic hydroxyl groups is 2. The number of aliphatic hydroxyl groups excluding tert-OH is 2. The van der Waals surface area contributed by atoms with Crippen LogP contribution >= 0.6 is 0 Å². The third-order valence-corrected chi connectivity index (χ3v) is 8.00. The summed E-state index contributed by atoms with van der Waals surface area (Å²) in [6.45, 7) is 30.4. The van der Waals surface area contributed by atoms with Gasteiger partial charge in [0.2, 0.25) is 0 Å². The van der Waals surface area contributed by atoms with E-state index in [1.54, 1.807) is 0 Å². The molecule has 40 heavy (non-hydrogen) atoms. The summed E-state index contributed by atoms with van der Waals surface area (Å²) in [4.78, 5) is 0. The fourth-order valence-corrected chi connectivity index (χ4v) is 4.80. The van der Waals surface area contributed by atoms with Gasteiger partial charge in [0, 0.05) is 7.11 Å². The zero-order chi connectivity index (χ0) is 32.1. The van der Waals surface area contributed by atoms with Crippen molar-refractivity contribution >= 4 is 0 Å². The molecule has 0 aromatic carbocycles. The first-order valence-electron chi connectivity index (χ1n) is 17.2. The van der Waals surface area contributed by atoms with Gasteiger partial charge in [-0.15, -0.1) is 0 Å². The lowest BCUT2D eigenvalue weighted by Gasteiger charge is -2.27. The second kappa shape index (κ2) is 30.9. The van der Waals surface area contributed by atoms with Gasteiger partial charge in [-0.25, -0.2) is 0 Å². The van der Waals surface area contributed by atoms with Crippen LogP contribution in [0, 0.1) is 17.3 Å². The molecule has 242 valence electrons. The molecule has 2 unspecified atom stereocenters. The molecule has 0 bridgehead atoms. The van der Waals surface area contributed by atoms with Gasteiger partial charge in [-0.1, -0.05) is 152 Å². The third-order valence-electron chi connectivity index (χ3n) is 8.00. The van der Waals surface area contributed by atoms with Crippen LogP contribution in [0.25, 0.3) is 0 Å². The van der Waals surface area contributed by atoms with Crippen LogP contribution in [0.1, 0.15) is 187 Å². The second-order valence-corrected chi connectivity index (χ2v) is 12.1. The average Bonchev–Trinajstić information content (AvgIpc) is 2.99. The van der Waals surface area contributed by atoms with E-state index < -0.39 is 0 Å². The monoisotopic (exact) mass is 567 g/mol. The highest BCUT2D eigenvalue weighted by Crippen LogP contribution is 2.38. The van der Waals surface area contributed by atoms with Gasteiger partial charge in [-0.05, 0) is 80.9 Å². The summed E-state index contributed by atoms with van der Waals surface area (Å²) in [5.74, 6) is 2.25. The molecular weight excluding hydrogens is 488 g/mol.